The van der Waals surface area contributed by atoms with Gasteiger partial charge >= 0.3 is 0 Å². The first-order chi connectivity index (χ1) is 11.0. The van der Waals surface area contributed by atoms with E-state index in [9.17, 15) is 8.42 Å². The maximum absolute atomic E-state index is 12.4. The molecule has 0 radical (unpaired) electrons. The molecule has 8 heteroatoms. The van der Waals surface area contributed by atoms with Crippen molar-refractivity contribution < 1.29 is 13.2 Å². The predicted molar refractivity (Wildman–Crippen MR) is 93.7 cm³/mol. The quantitative estimate of drug-likeness (QED) is 0.693. The molecule has 0 spiro atoms. The van der Waals surface area contributed by atoms with E-state index in [-0.39, 0.29) is 4.21 Å². The van der Waals surface area contributed by atoms with Crippen molar-refractivity contribution in [1.82, 2.24) is 4.57 Å². The van der Waals surface area contributed by atoms with Crippen molar-refractivity contribution in [3.05, 3.63) is 40.5 Å². The van der Waals surface area contributed by atoms with Crippen LogP contribution in [0.4, 0.5) is 0 Å². The second-order valence-electron chi connectivity index (χ2n) is 4.69. The summed E-state index contributed by atoms with van der Waals surface area (Å²) < 4.78 is 37.4. The van der Waals surface area contributed by atoms with Crippen LogP contribution in [0.3, 0.4) is 0 Å². The molecular weight excluding hydrogens is 352 g/mol. The molecule has 1 aromatic carbocycles. The normalized spacial score (nSPS) is 12.9. The molecular formula is C15H16N2O3S3. The molecule has 23 heavy (non-hydrogen) atoms. The fourth-order valence-electron chi connectivity index (χ4n) is 2.24. The van der Waals surface area contributed by atoms with E-state index in [1.54, 1.807) is 17.5 Å². The van der Waals surface area contributed by atoms with Gasteiger partial charge in [-0.1, -0.05) is 17.4 Å². The zero-order valence-electron chi connectivity index (χ0n) is 12.7. The Morgan fingerprint density at radius 1 is 1.26 bits per heavy atom. The molecule has 0 aliphatic carbocycles. The van der Waals surface area contributed by atoms with Gasteiger partial charge < -0.3 is 9.30 Å². The fraction of sp³-hybridized carbons (Fsp3) is 0.267. The lowest BCUT2D eigenvalue weighted by Gasteiger charge is -2.03. The molecule has 122 valence electrons. The third-order valence-electron chi connectivity index (χ3n) is 3.23. The minimum Gasteiger partial charge on any atom is -0.494 e. The first-order valence-electron chi connectivity index (χ1n) is 7.16. The van der Waals surface area contributed by atoms with Crippen LogP contribution in [0.15, 0.2) is 44.3 Å². The monoisotopic (exact) mass is 368 g/mol. The molecule has 0 bridgehead atoms. The lowest BCUT2D eigenvalue weighted by atomic mass is 10.3. The topological polar surface area (TPSA) is 60.7 Å². The number of fused-ring (bicyclic) bond motifs is 1. The molecule has 0 fully saturated rings. The van der Waals surface area contributed by atoms with Gasteiger partial charge in [-0.2, -0.15) is 8.42 Å². The molecule has 5 nitrogen and oxygen atoms in total. The molecule has 0 saturated heterocycles. The van der Waals surface area contributed by atoms with Crippen molar-refractivity contribution in [3.8, 4) is 5.75 Å². The van der Waals surface area contributed by atoms with Crippen molar-refractivity contribution in [1.29, 1.82) is 0 Å². The van der Waals surface area contributed by atoms with Gasteiger partial charge in [-0.3, -0.25) is 0 Å². The van der Waals surface area contributed by atoms with E-state index >= 15 is 0 Å². The number of thiophene rings is 1. The van der Waals surface area contributed by atoms with E-state index in [1.807, 2.05) is 36.6 Å². The van der Waals surface area contributed by atoms with Crippen molar-refractivity contribution in [3.63, 3.8) is 0 Å². The number of hydrogen-bond acceptors (Lipinski definition) is 5. The average Bonchev–Trinajstić information content (AvgIpc) is 3.14. The van der Waals surface area contributed by atoms with E-state index < -0.39 is 10.0 Å². The minimum absolute atomic E-state index is 0.257. The SMILES string of the molecule is CCOc1ccc2c(c1)s/c(=N\S(=O)(=O)c1cccs1)n2CC. The van der Waals surface area contributed by atoms with E-state index in [0.717, 1.165) is 16.0 Å². The van der Waals surface area contributed by atoms with Crippen LogP contribution in [0.2, 0.25) is 0 Å². The van der Waals surface area contributed by atoms with Crippen LogP contribution in [0.5, 0.6) is 5.75 Å². The van der Waals surface area contributed by atoms with Gasteiger partial charge in [0.25, 0.3) is 10.0 Å². The Hall–Kier alpha value is -1.64. The van der Waals surface area contributed by atoms with Crippen LogP contribution in [0.25, 0.3) is 10.2 Å². The molecule has 0 atom stereocenters. The lowest BCUT2D eigenvalue weighted by molar-refractivity contribution is 0.341. The van der Waals surface area contributed by atoms with Crippen LogP contribution in [0, 0.1) is 0 Å². The molecule has 0 unspecified atom stereocenters. The number of ether oxygens (including phenoxy) is 1. The summed E-state index contributed by atoms with van der Waals surface area (Å²) in [7, 11) is -3.67. The molecule has 3 rings (SSSR count). The summed E-state index contributed by atoms with van der Waals surface area (Å²) in [6.07, 6.45) is 0. The highest BCUT2D eigenvalue weighted by atomic mass is 32.2. The summed E-state index contributed by atoms with van der Waals surface area (Å²) in [4.78, 5) is 0.476. The highest BCUT2D eigenvalue weighted by Crippen LogP contribution is 2.24. The minimum atomic E-state index is -3.67. The molecule has 2 aromatic heterocycles. The number of aryl methyl sites for hydroxylation is 1. The van der Waals surface area contributed by atoms with Crippen LogP contribution < -0.4 is 9.54 Å². The Labute approximate surface area is 142 Å². The summed E-state index contributed by atoms with van der Waals surface area (Å²) in [5, 5.41) is 1.73. The molecule has 0 saturated carbocycles. The lowest BCUT2D eigenvalue weighted by Crippen LogP contribution is -2.15. The smallest absolute Gasteiger partial charge is 0.294 e. The summed E-state index contributed by atoms with van der Waals surface area (Å²) in [5.74, 6) is 0.775. The van der Waals surface area contributed by atoms with Gasteiger partial charge in [0.05, 0.1) is 16.8 Å². The first-order valence-corrected chi connectivity index (χ1v) is 10.3. The van der Waals surface area contributed by atoms with Crippen molar-refractivity contribution >= 4 is 42.9 Å². The number of nitrogens with zero attached hydrogens (tertiary/aromatic N) is 2. The van der Waals surface area contributed by atoms with Gasteiger partial charge in [0, 0.05) is 6.54 Å². The molecule has 0 aliphatic rings. The highest BCUT2D eigenvalue weighted by Gasteiger charge is 2.15. The van der Waals surface area contributed by atoms with Crippen molar-refractivity contribution in [2.45, 2.75) is 24.6 Å². The van der Waals surface area contributed by atoms with E-state index in [0.29, 0.717) is 18.0 Å². The molecule has 3 aromatic rings. The van der Waals surface area contributed by atoms with Gasteiger partial charge in [-0.05, 0) is 43.5 Å². The average molecular weight is 369 g/mol. The molecule has 0 N–H and O–H groups in total. The number of hydrogen-bond donors (Lipinski definition) is 0. The third kappa shape index (κ3) is 3.19. The fourth-order valence-corrected chi connectivity index (χ4v) is 5.54. The first kappa shape index (κ1) is 16.2. The molecule has 2 heterocycles. The predicted octanol–water partition coefficient (Wildman–Crippen LogP) is 3.47. The second kappa shape index (κ2) is 6.46. The third-order valence-corrected chi connectivity index (χ3v) is 7.03. The Morgan fingerprint density at radius 2 is 2.09 bits per heavy atom. The van der Waals surface area contributed by atoms with Gasteiger partial charge in [0.15, 0.2) is 0 Å². The summed E-state index contributed by atoms with van der Waals surface area (Å²) in [6, 6.07) is 9.03. The Morgan fingerprint density at radius 3 is 2.74 bits per heavy atom. The molecule has 0 aliphatic heterocycles. The van der Waals surface area contributed by atoms with Crippen LogP contribution >= 0.6 is 22.7 Å². The number of benzene rings is 1. The largest absolute Gasteiger partial charge is 0.494 e. The summed E-state index contributed by atoms with van der Waals surface area (Å²) in [6.45, 7) is 5.14. The van der Waals surface area contributed by atoms with Gasteiger partial charge in [-0.25, -0.2) is 0 Å². The van der Waals surface area contributed by atoms with E-state index in [4.69, 9.17) is 4.74 Å². The molecule has 0 amide bonds. The maximum Gasteiger partial charge on any atom is 0.294 e. The van der Waals surface area contributed by atoms with Crippen LogP contribution in [-0.2, 0) is 16.6 Å². The van der Waals surface area contributed by atoms with Crippen molar-refractivity contribution in [2.75, 3.05) is 6.61 Å². The maximum atomic E-state index is 12.4. The Balaban J connectivity index is 2.19. The number of aromatic nitrogens is 1. The van der Waals surface area contributed by atoms with Crippen molar-refractivity contribution in [2.24, 2.45) is 4.40 Å². The van der Waals surface area contributed by atoms with Gasteiger partial charge in [0.2, 0.25) is 4.80 Å². The standard InChI is InChI=1S/C15H16N2O3S3/c1-3-17-12-8-7-11(20-4-2)10-13(12)22-15(17)16-23(18,19)14-6-5-9-21-14/h5-10H,3-4H2,1-2H3/b16-15-. The Kier molecular flexibility index (Phi) is 4.56. The van der Waals surface area contributed by atoms with Gasteiger partial charge in [-0.15, -0.1) is 15.7 Å². The van der Waals surface area contributed by atoms with Gasteiger partial charge in [0.1, 0.15) is 9.96 Å². The zero-order valence-corrected chi connectivity index (χ0v) is 15.2. The number of thiazole rings is 1. The highest BCUT2D eigenvalue weighted by molar-refractivity contribution is 7.92. The van der Waals surface area contributed by atoms with E-state index in [2.05, 4.69) is 4.40 Å². The van der Waals surface area contributed by atoms with E-state index in [1.165, 1.54) is 22.7 Å². The second-order valence-corrected chi connectivity index (χ2v) is 8.48. The summed E-state index contributed by atoms with van der Waals surface area (Å²) >= 11 is 2.53. The number of sulfonamides is 1. The zero-order chi connectivity index (χ0) is 16.4. The Bertz CT molecular complexity index is 983. The summed E-state index contributed by atoms with van der Waals surface area (Å²) in [5.41, 5.74) is 0.959. The number of rotatable bonds is 5. The van der Waals surface area contributed by atoms with Crippen LogP contribution in [-0.4, -0.2) is 19.6 Å². The van der Waals surface area contributed by atoms with Crippen LogP contribution in [0.1, 0.15) is 13.8 Å².